The van der Waals surface area contributed by atoms with Crippen molar-refractivity contribution in [1.82, 2.24) is 0 Å². The molecule has 2 saturated carbocycles. The van der Waals surface area contributed by atoms with Gasteiger partial charge in [0.2, 0.25) is 0 Å². The van der Waals surface area contributed by atoms with Crippen molar-refractivity contribution in [2.75, 3.05) is 6.61 Å². The van der Waals surface area contributed by atoms with Gasteiger partial charge in [0.1, 0.15) is 6.10 Å². The lowest BCUT2D eigenvalue weighted by molar-refractivity contribution is -0.304. The highest BCUT2D eigenvalue weighted by Crippen LogP contribution is 2.72. The first-order valence-electron chi connectivity index (χ1n) is 12.8. The summed E-state index contributed by atoms with van der Waals surface area (Å²) < 4.78 is 18.4. The Morgan fingerprint density at radius 3 is 2.59 bits per heavy atom. The molecule has 4 aliphatic carbocycles. The van der Waals surface area contributed by atoms with Crippen LogP contribution in [0.5, 0.6) is 0 Å². The van der Waals surface area contributed by atoms with Crippen LogP contribution in [0.2, 0.25) is 0 Å². The fraction of sp³-hybridized carbons (Fsp3) is 0.786. The maximum Gasteiger partial charge on any atom is 0.306 e. The third-order valence-electron chi connectivity index (χ3n) is 9.50. The molecule has 1 heterocycles. The van der Waals surface area contributed by atoms with Gasteiger partial charge in [0.05, 0.1) is 12.0 Å². The zero-order valence-corrected chi connectivity index (χ0v) is 21.8. The summed E-state index contributed by atoms with van der Waals surface area (Å²) >= 11 is 0. The van der Waals surface area contributed by atoms with E-state index < -0.39 is 29.0 Å². The molecule has 1 spiro atoms. The second-order valence-electron chi connectivity index (χ2n) is 13.0. The van der Waals surface area contributed by atoms with Crippen molar-refractivity contribution in [3.8, 4) is 0 Å². The summed E-state index contributed by atoms with van der Waals surface area (Å²) in [6, 6.07) is 0. The van der Waals surface area contributed by atoms with Gasteiger partial charge in [-0.2, -0.15) is 0 Å². The van der Waals surface area contributed by atoms with E-state index in [0.717, 1.165) is 17.6 Å². The Balaban J connectivity index is 1.69. The first-order valence-corrected chi connectivity index (χ1v) is 12.8. The number of allylic oxidation sites excluding steroid dienone is 1. The Kier molecular flexibility index (Phi) is 5.17. The number of hydrogen-bond acceptors (Lipinski definition) is 6. The Bertz CT molecular complexity index is 989. The van der Waals surface area contributed by atoms with Gasteiger partial charge in [-0.1, -0.05) is 46.8 Å². The molecule has 1 aliphatic heterocycles. The van der Waals surface area contributed by atoms with Crippen LogP contribution in [0, 0.1) is 40.4 Å². The van der Waals surface area contributed by atoms with Gasteiger partial charge in [0.15, 0.2) is 23.3 Å². The van der Waals surface area contributed by atoms with Crippen LogP contribution in [0.15, 0.2) is 23.3 Å². The van der Waals surface area contributed by atoms with Gasteiger partial charge in [0, 0.05) is 12.3 Å². The molecule has 6 nitrogen and oxygen atoms in total. The number of ether oxygens (including phenoxy) is 3. The molecule has 0 radical (unpaired) electrons. The number of Topliss-reactive ketones (excluding diaryl/α,β-unsaturated/α-hetero) is 1. The molecular weight excluding hydrogens is 432 g/mol. The zero-order chi connectivity index (χ0) is 25.0. The number of hydrogen-bond donors (Lipinski definition) is 1. The van der Waals surface area contributed by atoms with Crippen molar-refractivity contribution < 1.29 is 28.9 Å². The summed E-state index contributed by atoms with van der Waals surface area (Å²) in [7, 11) is 0. The third-order valence-corrected chi connectivity index (χ3v) is 9.50. The molecule has 0 aromatic rings. The third kappa shape index (κ3) is 3.04. The van der Waals surface area contributed by atoms with Crippen LogP contribution in [0.4, 0.5) is 0 Å². The molecule has 3 fully saturated rings. The average molecular weight is 473 g/mol. The van der Waals surface area contributed by atoms with E-state index in [0.29, 0.717) is 5.92 Å². The fourth-order valence-electron chi connectivity index (χ4n) is 7.81. The van der Waals surface area contributed by atoms with Gasteiger partial charge >= 0.3 is 5.97 Å². The lowest BCUT2D eigenvalue weighted by Gasteiger charge is -2.52. The largest absolute Gasteiger partial charge is 0.455 e. The van der Waals surface area contributed by atoms with Crippen LogP contribution in [0.1, 0.15) is 68.2 Å². The quantitative estimate of drug-likeness (QED) is 0.489. The molecule has 188 valence electrons. The first-order chi connectivity index (χ1) is 15.7. The maximum atomic E-state index is 14.6. The lowest BCUT2D eigenvalue weighted by atomic mass is 9.59. The van der Waals surface area contributed by atoms with Crippen molar-refractivity contribution in [3.05, 3.63) is 23.3 Å². The smallest absolute Gasteiger partial charge is 0.306 e. The summed E-state index contributed by atoms with van der Waals surface area (Å²) in [4.78, 5) is 27.4. The Hall–Kier alpha value is -1.50. The Morgan fingerprint density at radius 2 is 1.94 bits per heavy atom. The van der Waals surface area contributed by atoms with E-state index in [2.05, 4.69) is 20.8 Å². The highest BCUT2D eigenvalue weighted by Gasteiger charge is 2.77. The molecule has 7 unspecified atom stereocenters. The van der Waals surface area contributed by atoms with Crippen LogP contribution in [0.3, 0.4) is 0 Å². The molecule has 5 aliphatic rings. The van der Waals surface area contributed by atoms with Gasteiger partial charge in [-0.3, -0.25) is 9.59 Å². The van der Waals surface area contributed by atoms with Crippen LogP contribution in [-0.4, -0.2) is 47.1 Å². The molecule has 8 atom stereocenters. The van der Waals surface area contributed by atoms with Crippen LogP contribution in [-0.2, 0) is 23.8 Å². The fourth-order valence-corrected chi connectivity index (χ4v) is 7.81. The van der Waals surface area contributed by atoms with Crippen molar-refractivity contribution in [1.29, 1.82) is 0 Å². The molecule has 1 saturated heterocycles. The van der Waals surface area contributed by atoms with Gasteiger partial charge < -0.3 is 19.3 Å². The van der Waals surface area contributed by atoms with Gasteiger partial charge in [-0.15, -0.1) is 0 Å². The van der Waals surface area contributed by atoms with Gasteiger partial charge in [0.25, 0.3) is 0 Å². The topological polar surface area (TPSA) is 82.1 Å². The minimum atomic E-state index is -1.73. The van der Waals surface area contributed by atoms with E-state index in [1.54, 1.807) is 0 Å². The number of fused-ring (bicyclic) bond motifs is 5. The number of aliphatic hydroxyl groups is 1. The van der Waals surface area contributed by atoms with E-state index >= 15 is 0 Å². The highest BCUT2D eigenvalue weighted by atomic mass is 16.7. The standard InChI is InChI=1S/C28H40O6/c1-14(2)9-20(29)33-23-15(3)12-27-16(4)10-19-21(25(19,5)6)18(22(27)30)11-17-13-32-26(7,8)34-24(17)28(23,27)31/h11-12,14,16,18-19,21,23-24,31H,9-10,13H2,1-8H3/t16-,18?,19?,21?,23?,24?,27?,28?/m1/s1. The number of carbonyl (C=O) groups is 2. The molecule has 34 heavy (non-hydrogen) atoms. The second-order valence-corrected chi connectivity index (χ2v) is 13.0. The van der Waals surface area contributed by atoms with Crippen LogP contribution < -0.4 is 0 Å². The molecule has 1 N–H and O–H groups in total. The van der Waals surface area contributed by atoms with Crippen LogP contribution >= 0.6 is 0 Å². The van der Waals surface area contributed by atoms with Crippen LogP contribution in [0.25, 0.3) is 0 Å². The highest BCUT2D eigenvalue weighted by molar-refractivity contribution is 5.95. The molecule has 0 aromatic heterocycles. The summed E-state index contributed by atoms with van der Waals surface area (Å²) in [5.41, 5.74) is -1.35. The first kappa shape index (κ1) is 24.2. The summed E-state index contributed by atoms with van der Waals surface area (Å²) in [5.74, 6) is -0.963. The monoisotopic (exact) mass is 472 g/mol. The predicted molar refractivity (Wildman–Crippen MR) is 127 cm³/mol. The van der Waals surface area contributed by atoms with Crippen molar-refractivity contribution in [3.63, 3.8) is 0 Å². The average Bonchev–Trinajstić information content (AvgIpc) is 3.20. The zero-order valence-electron chi connectivity index (χ0n) is 21.8. The Morgan fingerprint density at radius 1 is 1.26 bits per heavy atom. The molecule has 2 bridgehead atoms. The molecule has 5 rings (SSSR count). The number of esters is 1. The van der Waals surface area contributed by atoms with E-state index in [1.807, 2.05) is 46.8 Å². The molecule has 6 heteroatoms. The summed E-state index contributed by atoms with van der Waals surface area (Å²) in [6.07, 6.45) is 3.29. The van der Waals surface area contributed by atoms with E-state index in [9.17, 15) is 14.7 Å². The number of ketones is 1. The maximum absolute atomic E-state index is 14.6. The SMILES string of the molecule is CC1=CC23C(=O)C(C=C4COC(C)(C)OC4C2(O)C1OC(=O)CC(C)C)C1C(C[C@H]3C)C1(C)C. The molecule has 0 amide bonds. The van der Waals surface area contributed by atoms with E-state index in [4.69, 9.17) is 14.2 Å². The Labute approximate surface area is 203 Å². The second kappa shape index (κ2) is 7.27. The van der Waals surface area contributed by atoms with E-state index in [1.165, 1.54) is 0 Å². The molecular formula is C28H40O6. The van der Waals surface area contributed by atoms with Gasteiger partial charge in [-0.25, -0.2) is 0 Å². The van der Waals surface area contributed by atoms with E-state index in [-0.39, 0.29) is 53.9 Å². The summed E-state index contributed by atoms with van der Waals surface area (Å²) in [5, 5.41) is 12.9. The van der Waals surface area contributed by atoms with Crippen molar-refractivity contribution in [2.24, 2.45) is 40.4 Å². The minimum Gasteiger partial charge on any atom is -0.455 e. The van der Waals surface area contributed by atoms with Gasteiger partial charge in [-0.05, 0) is 67.4 Å². The molecule has 0 aromatic carbocycles. The normalized spacial score (nSPS) is 45.8. The number of rotatable bonds is 3. The number of carbonyl (C=O) groups excluding carboxylic acids is 2. The van der Waals surface area contributed by atoms with Crippen molar-refractivity contribution >= 4 is 11.8 Å². The lowest BCUT2D eigenvalue weighted by Crippen LogP contribution is -2.68. The summed E-state index contributed by atoms with van der Waals surface area (Å²) in [6.45, 7) is 16.3. The minimum absolute atomic E-state index is 0.0330. The predicted octanol–water partition coefficient (Wildman–Crippen LogP) is 4.21. The van der Waals surface area contributed by atoms with Crippen molar-refractivity contribution in [2.45, 2.75) is 91.8 Å².